The molecule has 1 unspecified atom stereocenters. The molecular weight excluding hydrogens is 318 g/mol. The zero-order valence-corrected chi connectivity index (χ0v) is 14.9. The van der Waals surface area contributed by atoms with Crippen LogP contribution in [0.1, 0.15) is 29.8 Å². The number of aryl methyl sites for hydroxylation is 2. The van der Waals surface area contributed by atoms with Gasteiger partial charge >= 0.3 is 0 Å². The van der Waals surface area contributed by atoms with E-state index < -0.39 is 0 Å². The quantitative estimate of drug-likeness (QED) is 0.701. The summed E-state index contributed by atoms with van der Waals surface area (Å²) in [5.74, 6) is 0. The second-order valence-corrected chi connectivity index (χ2v) is 7.13. The van der Waals surface area contributed by atoms with Crippen molar-refractivity contribution >= 4 is 22.5 Å². The van der Waals surface area contributed by atoms with Crippen LogP contribution in [-0.4, -0.2) is 28.0 Å². The van der Waals surface area contributed by atoms with Gasteiger partial charge in [0.2, 0.25) is 0 Å². The molecule has 0 spiro atoms. The summed E-state index contributed by atoms with van der Waals surface area (Å²) in [5, 5.41) is 2.12. The molecule has 1 aliphatic heterocycles. The molecule has 2 aromatic heterocycles. The summed E-state index contributed by atoms with van der Waals surface area (Å²) >= 11 is 6.30. The number of nitrogens with zero attached hydrogens (tertiary/aromatic N) is 3. The summed E-state index contributed by atoms with van der Waals surface area (Å²) in [7, 11) is 2.21. The molecule has 124 valence electrons. The van der Waals surface area contributed by atoms with E-state index >= 15 is 0 Å². The van der Waals surface area contributed by atoms with Crippen LogP contribution in [0.25, 0.3) is 10.9 Å². The predicted molar refractivity (Wildman–Crippen MR) is 99.6 cm³/mol. The van der Waals surface area contributed by atoms with Crippen molar-refractivity contribution in [3.05, 3.63) is 64.6 Å². The third-order valence-corrected chi connectivity index (χ3v) is 5.54. The van der Waals surface area contributed by atoms with Crippen LogP contribution in [0.3, 0.4) is 0 Å². The van der Waals surface area contributed by atoms with Crippen molar-refractivity contribution in [2.45, 2.75) is 32.4 Å². The Kier molecular flexibility index (Phi) is 4.07. The molecule has 0 fully saturated rings. The van der Waals surface area contributed by atoms with Crippen molar-refractivity contribution in [3.8, 4) is 0 Å². The molecule has 4 heteroatoms. The van der Waals surface area contributed by atoms with E-state index in [0.717, 1.165) is 31.0 Å². The van der Waals surface area contributed by atoms with E-state index in [-0.39, 0.29) is 0 Å². The van der Waals surface area contributed by atoms with E-state index in [9.17, 15) is 0 Å². The first-order valence-corrected chi connectivity index (χ1v) is 8.92. The molecule has 0 N–H and O–H groups in total. The van der Waals surface area contributed by atoms with E-state index in [1.165, 1.54) is 27.7 Å². The lowest BCUT2D eigenvalue weighted by Gasteiger charge is -2.31. The van der Waals surface area contributed by atoms with Crippen LogP contribution in [0.15, 0.2) is 42.7 Å². The van der Waals surface area contributed by atoms with Gasteiger partial charge in [-0.25, -0.2) is 0 Å². The van der Waals surface area contributed by atoms with Gasteiger partial charge in [-0.15, -0.1) is 0 Å². The van der Waals surface area contributed by atoms with Gasteiger partial charge in [-0.3, -0.25) is 9.88 Å². The smallest absolute Gasteiger partial charge is 0.0487 e. The lowest BCUT2D eigenvalue weighted by molar-refractivity contribution is 0.245. The fourth-order valence-corrected chi connectivity index (χ4v) is 4.05. The van der Waals surface area contributed by atoms with Crippen molar-refractivity contribution in [1.82, 2.24) is 14.5 Å². The first-order valence-electron chi connectivity index (χ1n) is 8.55. The fourth-order valence-electron chi connectivity index (χ4n) is 3.88. The van der Waals surface area contributed by atoms with E-state index in [1.807, 2.05) is 24.5 Å². The van der Waals surface area contributed by atoms with E-state index in [2.05, 4.69) is 46.6 Å². The Balaban J connectivity index is 1.80. The van der Waals surface area contributed by atoms with Gasteiger partial charge in [-0.05, 0) is 55.8 Å². The van der Waals surface area contributed by atoms with Crippen LogP contribution in [0, 0.1) is 0 Å². The highest BCUT2D eigenvalue weighted by atomic mass is 35.5. The summed E-state index contributed by atoms with van der Waals surface area (Å²) < 4.78 is 2.50. The number of pyridine rings is 1. The van der Waals surface area contributed by atoms with Gasteiger partial charge in [-0.1, -0.05) is 17.7 Å². The number of halogens is 1. The Hall–Kier alpha value is -1.84. The molecule has 0 saturated carbocycles. The highest BCUT2D eigenvalue weighted by molar-refractivity contribution is 6.31. The largest absolute Gasteiger partial charge is 0.344 e. The number of rotatable bonds is 3. The van der Waals surface area contributed by atoms with Crippen molar-refractivity contribution in [3.63, 3.8) is 0 Å². The Morgan fingerprint density at radius 3 is 2.96 bits per heavy atom. The van der Waals surface area contributed by atoms with Crippen LogP contribution in [0.4, 0.5) is 0 Å². The van der Waals surface area contributed by atoms with Gasteiger partial charge in [0.1, 0.15) is 0 Å². The van der Waals surface area contributed by atoms with Gasteiger partial charge in [0, 0.05) is 59.6 Å². The SMILES string of the molecule is CC1c2c(n(CCc3cccnc3)c3ccc(Cl)cc23)CCN1C. The maximum atomic E-state index is 6.30. The third-order valence-electron chi connectivity index (χ3n) is 5.30. The van der Waals surface area contributed by atoms with E-state index in [4.69, 9.17) is 11.6 Å². The molecular formula is C20H22ClN3. The maximum absolute atomic E-state index is 6.30. The first kappa shape index (κ1) is 15.7. The number of hydrogen-bond donors (Lipinski definition) is 0. The second-order valence-electron chi connectivity index (χ2n) is 6.69. The number of hydrogen-bond acceptors (Lipinski definition) is 2. The topological polar surface area (TPSA) is 21.1 Å². The summed E-state index contributed by atoms with van der Waals surface area (Å²) in [4.78, 5) is 6.66. The number of benzene rings is 1. The van der Waals surface area contributed by atoms with Gasteiger partial charge in [0.15, 0.2) is 0 Å². The predicted octanol–water partition coefficient (Wildman–Crippen LogP) is 4.48. The zero-order chi connectivity index (χ0) is 16.7. The van der Waals surface area contributed by atoms with Gasteiger partial charge in [-0.2, -0.15) is 0 Å². The Labute approximate surface area is 147 Å². The number of likely N-dealkylation sites (N-methyl/N-ethyl adjacent to an activating group) is 1. The highest BCUT2D eigenvalue weighted by Crippen LogP contribution is 2.38. The molecule has 3 nitrogen and oxygen atoms in total. The fraction of sp³-hybridized carbons (Fsp3) is 0.350. The normalized spacial score (nSPS) is 18.0. The van der Waals surface area contributed by atoms with Crippen molar-refractivity contribution in [2.75, 3.05) is 13.6 Å². The first-order chi connectivity index (χ1) is 11.6. The molecule has 1 atom stereocenters. The average Bonchev–Trinajstić information content (AvgIpc) is 2.90. The molecule has 3 aromatic rings. The van der Waals surface area contributed by atoms with Crippen LogP contribution >= 0.6 is 11.6 Å². The monoisotopic (exact) mass is 339 g/mol. The van der Waals surface area contributed by atoms with Gasteiger partial charge < -0.3 is 4.57 Å². The molecule has 1 aromatic carbocycles. The van der Waals surface area contributed by atoms with Crippen LogP contribution in [0.5, 0.6) is 0 Å². The standard InChI is InChI=1S/C20H22ClN3/c1-14-20-17-12-16(21)5-6-18(17)24(19(20)8-10-23(14)2)11-7-15-4-3-9-22-13-15/h3-6,9,12-14H,7-8,10-11H2,1-2H3. The number of aromatic nitrogens is 2. The maximum Gasteiger partial charge on any atom is 0.0487 e. The minimum atomic E-state index is 0.425. The minimum Gasteiger partial charge on any atom is -0.344 e. The van der Waals surface area contributed by atoms with E-state index in [0.29, 0.717) is 6.04 Å². The minimum absolute atomic E-state index is 0.425. The van der Waals surface area contributed by atoms with Crippen molar-refractivity contribution in [1.29, 1.82) is 0 Å². The van der Waals surface area contributed by atoms with E-state index in [1.54, 1.807) is 0 Å². The van der Waals surface area contributed by atoms with Crippen molar-refractivity contribution in [2.24, 2.45) is 0 Å². The second kappa shape index (κ2) is 6.23. The zero-order valence-electron chi connectivity index (χ0n) is 14.2. The van der Waals surface area contributed by atoms with Crippen LogP contribution in [-0.2, 0) is 19.4 Å². The summed E-state index contributed by atoms with van der Waals surface area (Å²) in [6.45, 7) is 4.38. The molecule has 4 rings (SSSR count). The van der Waals surface area contributed by atoms with Crippen LogP contribution in [0.2, 0.25) is 5.02 Å². The molecule has 0 aliphatic carbocycles. The molecule has 0 saturated heterocycles. The summed E-state index contributed by atoms with van der Waals surface area (Å²) in [5.41, 5.74) is 5.51. The molecule has 0 bridgehead atoms. The molecule has 1 aliphatic rings. The molecule has 0 radical (unpaired) electrons. The Morgan fingerprint density at radius 1 is 1.29 bits per heavy atom. The molecule has 24 heavy (non-hydrogen) atoms. The highest BCUT2D eigenvalue weighted by Gasteiger charge is 2.27. The lowest BCUT2D eigenvalue weighted by atomic mass is 9.97. The van der Waals surface area contributed by atoms with Crippen molar-refractivity contribution < 1.29 is 0 Å². The van der Waals surface area contributed by atoms with Gasteiger partial charge in [0.05, 0.1) is 0 Å². The molecule has 3 heterocycles. The Morgan fingerprint density at radius 2 is 2.17 bits per heavy atom. The summed E-state index contributed by atoms with van der Waals surface area (Å²) in [6, 6.07) is 10.9. The average molecular weight is 340 g/mol. The molecule has 0 amide bonds. The van der Waals surface area contributed by atoms with Gasteiger partial charge in [0.25, 0.3) is 0 Å². The Bertz CT molecular complexity index is 869. The summed E-state index contributed by atoms with van der Waals surface area (Å²) in [6.07, 6.45) is 5.88. The third kappa shape index (κ3) is 2.62. The number of fused-ring (bicyclic) bond motifs is 3. The van der Waals surface area contributed by atoms with Crippen LogP contribution < -0.4 is 0 Å². The lowest BCUT2D eigenvalue weighted by Crippen LogP contribution is -2.31.